The fraction of sp³-hybridized carbons (Fsp3) is 0.929. The highest BCUT2D eigenvalue weighted by Gasteiger charge is 2.37. The third-order valence-corrected chi connectivity index (χ3v) is 3.71. The molecular weight excluding hydrogens is 242 g/mol. The Bertz CT molecular complexity index is 327. The molecule has 0 radical (unpaired) electrons. The van der Waals surface area contributed by atoms with Crippen LogP contribution in [0.3, 0.4) is 0 Å². The van der Waals surface area contributed by atoms with Crippen molar-refractivity contribution < 1.29 is 9.53 Å². The van der Waals surface area contributed by atoms with Crippen molar-refractivity contribution >= 4 is 5.97 Å². The van der Waals surface area contributed by atoms with Crippen molar-refractivity contribution in [1.82, 2.24) is 10.0 Å². The average Bonchev–Trinajstić information content (AvgIpc) is 2.46. The number of esters is 1. The van der Waals surface area contributed by atoms with Crippen molar-refractivity contribution in [3.05, 3.63) is 0 Å². The Hall–Kier alpha value is -0.650. The predicted molar refractivity (Wildman–Crippen MR) is 74.4 cm³/mol. The molecule has 5 heteroatoms. The monoisotopic (exact) mass is 269 g/mol. The molecule has 2 aliphatic heterocycles. The third kappa shape index (κ3) is 3.91. The number of carbonyl (C=O) groups excluding carboxylic acids is 1. The molecule has 0 unspecified atom stereocenters. The number of hydrogen-bond acceptors (Lipinski definition) is 5. The van der Waals surface area contributed by atoms with Crippen molar-refractivity contribution in [2.45, 2.75) is 64.1 Å². The van der Waals surface area contributed by atoms with Gasteiger partial charge in [-0.2, -0.15) is 0 Å². The first-order chi connectivity index (χ1) is 8.87. The number of rotatable bonds is 1. The summed E-state index contributed by atoms with van der Waals surface area (Å²) in [5.41, 5.74) is 5.69. The molecule has 110 valence electrons. The SMILES string of the molecule is CC(C)(C)OC(=O)[C@@H]1CCCN2CCC[C@H](N)CN12. The summed E-state index contributed by atoms with van der Waals surface area (Å²) in [5.74, 6) is -0.105. The molecule has 19 heavy (non-hydrogen) atoms. The molecule has 5 nitrogen and oxygen atoms in total. The summed E-state index contributed by atoms with van der Waals surface area (Å²) in [6.45, 7) is 8.56. The molecule has 2 atom stereocenters. The van der Waals surface area contributed by atoms with Gasteiger partial charge in [-0.1, -0.05) is 0 Å². The van der Waals surface area contributed by atoms with Crippen LogP contribution in [0.1, 0.15) is 46.5 Å². The van der Waals surface area contributed by atoms with Gasteiger partial charge in [0.2, 0.25) is 0 Å². The minimum absolute atomic E-state index is 0.105. The maximum atomic E-state index is 12.4. The normalized spacial score (nSPS) is 30.5. The van der Waals surface area contributed by atoms with Crippen LogP contribution in [0, 0.1) is 0 Å². The zero-order valence-corrected chi connectivity index (χ0v) is 12.4. The van der Waals surface area contributed by atoms with Gasteiger partial charge in [-0.3, -0.25) is 4.79 Å². The topological polar surface area (TPSA) is 58.8 Å². The Labute approximate surface area is 116 Å². The minimum Gasteiger partial charge on any atom is -0.459 e. The molecule has 0 aromatic rings. The lowest BCUT2D eigenvalue weighted by Gasteiger charge is -2.43. The Morgan fingerprint density at radius 1 is 1.21 bits per heavy atom. The van der Waals surface area contributed by atoms with Gasteiger partial charge in [0.25, 0.3) is 0 Å². The third-order valence-electron chi connectivity index (χ3n) is 3.71. The molecule has 0 aliphatic carbocycles. The smallest absolute Gasteiger partial charge is 0.325 e. The van der Waals surface area contributed by atoms with Gasteiger partial charge in [0, 0.05) is 25.7 Å². The fourth-order valence-corrected chi connectivity index (χ4v) is 2.90. The molecule has 0 saturated carbocycles. The van der Waals surface area contributed by atoms with E-state index >= 15 is 0 Å². The summed E-state index contributed by atoms with van der Waals surface area (Å²) in [5, 5.41) is 4.46. The van der Waals surface area contributed by atoms with Gasteiger partial charge in [0.05, 0.1) is 0 Å². The number of carbonyl (C=O) groups is 1. The summed E-state index contributed by atoms with van der Waals surface area (Å²) in [7, 11) is 0. The van der Waals surface area contributed by atoms with Crippen LogP contribution < -0.4 is 5.73 Å². The van der Waals surface area contributed by atoms with Gasteiger partial charge in [-0.05, 0) is 46.5 Å². The molecule has 2 N–H and O–H groups in total. The molecule has 2 heterocycles. The van der Waals surface area contributed by atoms with Crippen molar-refractivity contribution in [2.75, 3.05) is 19.6 Å². The molecular formula is C14H27N3O2. The van der Waals surface area contributed by atoms with Crippen molar-refractivity contribution in [3.8, 4) is 0 Å². The highest BCUT2D eigenvalue weighted by molar-refractivity contribution is 5.76. The van der Waals surface area contributed by atoms with Crippen LogP contribution in [0.5, 0.6) is 0 Å². The van der Waals surface area contributed by atoms with E-state index in [9.17, 15) is 4.79 Å². The van der Waals surface area contributed by atoms with E-state index in [1.165, 1.54) is 0 Å². The second kappa shape index (κ2) is 5.77. The zero-order valence-electron chi connectivity index (χ0n) is 12.4. The highest BCUT2D eigenvalue weighted by atomic mass is 16.6. The van der Waals surface area contributed by atoms with Gasteiger partial charge in [-0.25, -0.2) is 10.0 Å². The van der Waals surface area contributed by atoms with Gasteiger partial charge < -0.3 is 10.5 Å². The Morgan fingerprint density at radius 2 is 1.84 bits per heavy atom. The molecule has 2 saturated heterocycles. The van der Waals surface area contributed by atoms with Crippen LogP contribution in [-0.2, 0) is 9.53 Å². The Balaban J connectivity index is 2.07. The first-order valence-corrected chi connectivity index (χ1v) is 7.37. The maximum Gasteiger partial charge on any atom is 0.325 e. The largest absolute Gasteiger partial charge is 0.459 e. The van der Waals surface area contributed by atoms with Crippen LogP contribution in [0.2, 0.25) is 0 Å². The molecule has 2 aliphatic rings. The summed E-state index contributed by atoms with van der Waals surface area (Å²) < 4.78 is 5.55. The number of nitrogens with zero attached hydrogens (tertiary/aromatic N) is 2. The van der Waals surface area contributed by atoms with E-state index in [1.807, 2.05) is 20.8 Å². The van der Waals surface area contributed by atoms with E-state index in [0.717, 1.165) is 45.3 Å². The fourth-order valence-electron chi connectivity index (χ4n) is 2.90. The molecule has 0 aromatic heterocycles. The zero-order chi connectivity index (χ0) is 14.0. The second-order valence-electron chi connectivity index (χ2n) is 6.67. The first kappa shape index (κ1) is 14.8. The number of hydrogen-bond donors (Lipinski definition) is 1. The molecule has 0 amide bonds. The van der Waals surface area contributed by atoms with Crippen LogP contribution >= 0.6 is 0 Å². The van der Waals surface area contributed by atoms with E-state index in [4.69, 9.17) is 10.5 Å². The summed E-state index contributed by atoms with van der Waals surface area (Å²) in [6, 6.07) is 0.00478. The number of ether oxygens (including phenoxy) is 1. The lowest BCUT2D eigenvalue weighted by atomic mass is 10.1. The van der Waals surface area contributed by atoms with Crippen molar-refractivity contribution in [1.29, 1.82) is 0 Å². The van der Waals surface area contributed by atoms with Gasteiger partial charge in [0.1, 0.15) is 11.6 Å². The number of nitrogens with two attached hydrogens (primary N) is 1. The van der Waals surface area contributed by atoms with Crippen LogP contribution in [0.4, 0.5) is 0 Å². The van der Waals surface area contributed by atoms with Gasteiger partial charge in [-0.15, -0.1) is 0 Å². The lowest BCUT2D eigenvalue weighted by Crippen LogP contribution is -2.58. The van der Waals surface area contributed by atoms with Crippen LogP contribution in [0.15, 0.2) is 0 Å². The molecule has 0 bridgehead atoms. The van der Waals surface area contributed by atoms with Crippen molar-refractivity contribution in [3.63, 3.8) is 0 Å². The Kier molecular flexibility index (Phi) is 4.48. The molecule has 0 aromatic carbocycles. The second-order valence-corrected chi connectivity index (χ2v) is 6.67. The summed E-state index contributed by atoms with van der Waals surface area (Å²) >= 11 is 0. The van der Waals surface area contributed by atoms with E-state index in [0.29, 0.717) is 0 Å². The summed E-state index contributed by atoms with van der Waals surface area (Å²) in [6.07, 6.45) is 4.07. The first-order valence-electron chi connectivity index (χ1n) is 7.37. The average molecular weight is 269 g/mol. The maximum absolute atomic E-state index is 12.4. The predicted octanol–water partition coefficient (Wildman–Crippen LogP) is 1.13. The standard InChI is InChI=1S/C14H27N3O2/c1-14(2,3)19-13(18)12-7-5-9-16-8-4-6-11(15)10-17(12)16/h11-12H,4-10,15H2,1-3H3/t11-,12-/m0/s1. The van der Waals surface area contributed by atoms with Crippen LogP contribution in [0.25, 0.3) is 0 Å². The Morgan fingerprint density at radius 3 is 2.47 bits per heavy atom. The van der Waals surface area contributed by atoms with E-state index in [1.54, 1.807) is 0 Å². The minimum atomic E-state index is -0.423. The van der Waals surface area contributed by atoms with E-state index < -0.39 is 5.60 Å². The van der Waals surface area contributed by atoms with Gasteiger partial charge in [0.15, 0.2) is 0 Å². The van der Waals surface area contributed by atoms with Crippen LogP contribution in [-0.4, -0.2) is 53.3 Å². The van der Waals surface area contributed by atoms with E-state index in [2.05, 4.69) is 10.0 Å². The number of hydrazine groups is 1. The molecule has 2 fully saturated rings. The highest BCUT2D eigenvalue weighted by Crippen LogP contribution is 2.24. The summed E-state index contributed by atoms with van der Waals surface area (Å²) in [4.78, 5) is 12.4. The van der Waals surface area contributed by atoms with Crippen molar-refractivity contribution in [2.24, 2.45) is 5.73 Å². The molecule has 2 rings (SSSR count). The quantitative estimate of drug-likeness (QED) is 0.723. The van der Waals surface area contributed by atoms with Gasteiger partial charge >= 0.3 is 5.97 Å². The lowest BCUT2D eigenvalue weighted by molar-refractivity contribution is -0.176. The molecule has 0 spiro atoms. The number of fused-ring (bicyclic) bond motifs is 1. The van der Waals surface area contributed by atoms with E-state index in [-0.39, 0.29) is 18.1 Å².